The van der Waals surface area contributed by atoms with Crippen LogP contribution in [0.2, 0.25) is 0 Å². The van der Waals surface area contributed by atoms with Crippen LogP contribution in [0.25, 0.3) is 10.8 Å². The van der Waals surface area contributed by atoms with Crippen LogP contribution in [0.5, 0.6) is 5.75 Å². The Labute approximate surface area is 461 Å². The molecule has 0 spiro atoms. The lowest BCUT2D eigenvalue weighted by Gasteiger charge is -2.26. The van der Waals surface area contributed by atoms with Crippen LogP contribution < -0.4 is 26.0 Å². The van der Waals surface area contributed by atoms with Crippen LogP contribution in [0.3, 0.4) is 0 Å². The number of hydrogen-bond acceptors (Lipinski definition) is 9. The summed E-state index contributed by atoms with van der Waals surface area (Å²) in [4.78, 5) is 52.5. The van der Waals surface area contributed by atoms with Crippen LogP contribution in [0, 0.1) is 5.92 Å². The van der Waals surface area contributed by atoms with Gasteiger partial charge in [-0.2, -0.15) is 0 Å². The van der Waals surface area contributed by atoms with Gasteiger partial charge in [0.15, 0.2) is 6.29 Å². The summed E-state index contributed by atoms with van der Waals surface area (Å²) in [5.41, 5.74) is 2.16. The van der Waals surface area contributed by atoms with E-state index in [1.165, 1.54) is 102 Å². The number of fused-ring (bicyclic) bond motifs is 1. The topological polar surface area (TPSA) is 153 Å². The van der Waals surface area contributed by atoms with E-state index in [-0.39, 0.29) is 55.9 Å². The first-order valence-corrected chi connectivity index (χ1v) is 29.7. The minimum Gasteiger partial charge on any atom is -0.493 e. The summed E-state index contributed by atoms with van der Waals surface area (Å²) in [5.74, 6) is 0.912. The third kappa shape index (κ3) is 29.0. The number of rotatable bonds is 42. The monoisotopic (exact) mass is 1070 g/mol. The summed E-state index contributed by atoms with van der Waals surface area (Å²) in [5, 5.41) is 13.4. The van der Waals surface area contributed by atoms with Crippen molar-refractivity contribution < 1.29 is 38.1 Å². The number of nitrogens with one attached hydrogen (secondary N) is 4. The molecule has 0 bridgehead atoms. The zero-order valence-electron chi connectivity index (χ0n) is 46.9. The summed E-state index contributed by atoms with van der Waals surface area (Å²) in [6.07, 6.45) is 22.5. The number of amides is 4. The Morgan fingerprint density at radius 1 is 0.592 bits per heavy atom. The SMILES string of the molecule is CCCCCCCCCCCCCCCCCCSC(=O)NCCOC(OCCNC(=O)CNC(=O)C(Cc1ccccc1)NC(=O)Cc1ccc2ccccc2c1)c1ccc(OCCC(C)(C)OCCC(C)C)cc1. The van der Waals surface area contributed by atoms with Gasteiger partial charge in [0.25, 0.3) is 5.24 Å². The van der Waals surface area contributed by atoms with Crippen molar-refractivity contribution in [2.75, 3.05) is 51.8 Å². The molecule has 76 heavy (non-hydrogen) atoms. The van der Waals surface area contributed by atoms with Gasteiger partial charge in [-0.05, 0) is 66.6 Å². The minimum atomic E-state index is -0.895. The molecule has 0 radical (unpaired) electrons. The normalized spacial score (nSPS) is 12.3. The molecule has 0 saturated carbocycles. The van der Waals surface area contributed by atoms with E-state index in [2.05, 4.69) is 55.9 Å². The summed E-state index contributed by atoms with van der Waals surface area (Å²) in [6, 6.07) is 29.9. The second kappa shape index (κ2) is 38.6. The molecule has 4 N–H and O–H groups in total. The van der Waals surface area contributed by atoms with Crippen molar-refractivity contribution in [2.24, 2.45) is 5.92 Å². The molecule has 2 unspecified atom stereocenters. The average Bonchev–Trinajstić information content (AvgIpc) is 3.40. The van der Waals surface area contributed by atoms with Crippen molar-refractivity contribution >= 4 is 45.5 Å². The van der Waals surface area contributed by atoms with Crippen molar-refractivity contribution in [1.82, 2.24) is 21.3 Å². The maximum Gasteiger partial charge on any atom is 0.279 e. The van der Waals surface area contributed by atoms with Crippen LogP contribution in [-0.2, 0) is 41.4 Å². The zero-order chi connectivity index (χ0) is 54.5. The Morgan fingerprint density at radius 2 is 1.18 bits per heavy atom. The first-order valence-electron chi connectivity index (χ1n) is 28.8. The highest BCUT2D eigenvalue weighted by atomic mass is 32.2. The van der Waals surface area contributed by atoms with Gasteiger partial charge in [0.1, 0.15) is 11.8 Å². The summed E-state index contributed by atoms with van der Waals surface area (Å²) in [6.45, 7) is 12.5. The molecule has 0 aliphatic carbocycles. The van der Waals surface area contributed by atoms with Crippen molar-refractivity contribution in [2.45, 2.75) is 181 Å². The molecular formula is C63H94N4O8S. The second-order valence-electron chi connectivity index (χ2n) is 21.1. The minimum absolute atomic E-state index is 0.0679. The van der Waals surface area contributed by atoms with E-state index in [0.717, 1.165) is 58.9 Å². The number of ether oxygens (including phenoxy) is 4. The fourth-order valence-corrected chi connectivity index (χ4v) is 9.49. The largest absolute Gasteiger partial charge is 0.493 e. The molecule has 4 aromatic rings. The second-order valence-corrected chi connectivity index (χ2v) is 22.2. The van der Waals surface area contributed by atoms with E-state index in [9.17, 15) is 19.2 Å². The van der Waals surface area contributed by atoms with Gasteiger partial charge in [-0.15, -0.1) is 0 Å². The maximum absolute atomic E-state index is 13.5. The maximum atomic E-state index is 13.5. The van der Waals surface area contributed by atoms with Gasteiger partial charge >= 0.3 is 0 Å². The van der Waals surface area contributed by atoms with Crippen LogP contribution in [0.15, 0.2) is 97.1 Å². The Hall–Kier alpha value is -4.95. The van der Waals surface area contributed by atoms with E-state index in [1.54, 1.807) is 0 Å². The van der Waals surface area contributed by atoms with Gasteiger partial charge in [0.05, 0.1) is 38.4 Å². The number of thioether (sulfide) groups is 1. The standard InChI is InChI=1S/C63H94N4O8S/c1-6-7-8-9-10-11-12-13-14-15-16-17-18-19-20-26-45-76-62(71)65-40-44-74-61(54-33-35-56(36-34-54)72-42-38-63(4,5)75-41-37-50(2)3)73-43-39-64-59(69)49-66-60(70)57(47-51-27-22-21-23-28-51)67-58(68)48-52-31-32-53-29-24-25-30-55(53)46-52/h21-25,27-36,46,50,57,61H,6-20,26,37-45,47-49H2,1-5H3,(H,64,69)(H,65,71)(H,66,70)(H,67,68). The molecule has 2 atom stereocenters. The summed E-state index contributed by atoms with van der Waals surface area (Å²) >= 11 is 1.32. The number of benzene rings is 4. The van der Waals surface area contributed by atoms with Gasteiger partial charge in [-0.25, -0.2) is 0 Å². The highest BCUT2D eigenvalue weighted by Gasteiger charge is 2.23. The Balaban J connectivity index is 1.18. The van der Waals surface area contributed by atoms with Crippen molar-refractivity contribution in [1.29, 1.82) is 0 Å². The summed E-state index contributed by atoms with van der Waals surface area (Å²) in [7, 11) is 0. The van der Waals surface area contributed by atoms with Gasteiger partial charge < -0.3 is 40.2 Å². The van der Waals surface area contributed by atoms with Crippen LogP contribution in [0.1, 0.15) is 173 Å². The lowest BCUT2D eigenvalue weighted by atomic mass is 10.0. The third-order valence-corrected chi connectivity index (χ3v) is 14.3. The first kappa shape index (κ1) is 63.6. The molecule has 0 aromatic heterocycles. The lowest BCUT2D eigenvalue weighted by molar-refractivity contribution is -0.145. The molecule has 4 rings (SSSR count). The molecule has 0 aliphatic heterocycles. The van der Waals surface area contributed by atoms with Crippen molar-refractivity contribution in [3.8, 4) is 5.75 Å². The molecule has 4 aromatic carbocycles. The number of carbonyl (C=O) groups excluding carboxylic acids is 4. The van der Waals surface area contributed by atoms with Crippen LogP contribution >= 0.6 is 11.8 Å². The fraction of sp³-hybridized carbons (Fsp3) is 0.587. The Bertz CT molecular complexity index is 2210. The van der Waals surface area contributed by atoms with Gasteiger partial charge in [0, 0.05) is 43.9 Å². The predicted molar refractivity (Wildman–Crippen MR) is 312 cm³/mol. The lowest BCUT2D eigenvalue weighted by Crippen LogP contribution is -2.50. The summed E-state index contributed by atoms with van der Waals surface area (Å²) < 4.78 is 24.5. The number of unbranched alkanes of at least 4 members (excludes halogenated alkanes) is 15. The first-order chi connectivity index (χ1) is 36.9. The highest BCUT2D eigenvalue weighted by Crippen LogP contribution is 2.24. The number of carbonyl (C=O) groups is 4. The zero-order valence-corrected chi connectivity index (χ0v) is 47.8. The predicted octanol–water partition coefficient (Wildman–Crippen LogP) is 13.4. The Kier molecular flexibility index (Phi) is 32.3. The molecule has 420 valence electrons. The molecule has 13 heteroatoms. The molecule has 4 amide bonds. The molecule has 0 fully saturated rings. The Morgan fingerprint density at radius 3 is 1.82 bits per heavy atom. The van der Waals surface area contributed by atoms with Crippen molar-refractivity contribution in [3.63, 3.8) is 0 Å². The van der Waals surface area contributed by atoms with Crippen LogP contribution in [0.4, 0.5) is 4.79 Å². The van der Waals surface area contributed by atoms with Gasteiger partial charge in [0.2, 0.25) is 17.7 Å². The smallest absolute Gasteiger partial charge is 0.279 e. The highest BCUT2D eigenvalue weighted by molar-refractivity contribution is 8.13. The average molecular weight is 1070 g/mol. The van der Waals surface area contributed by atoms with E-state index in [0.29, 0.717) is 31.4 Å². The third-order valence-electron chi connectivity index (χ3n) is 13.4. The van der Waals surface area contributed by atoms with Crippen molar-refractivity contribution in [3.05, 3.63) is 114 Å². The molecule has 0 saturated heterocycles. The van der Waals surface area contributed by atoms with Gasteiger partial charge in [-0.1, -0.05) is 214 Å². The molecular weight excluding hydrogens is 973 g/mol. The fourth-order valence-electron chi connectivity index (χ4n) is 8.75. The molecule has 0 aliphatic rings. The molecule has 0 heterocycles. The van der Waals surface area contributed by atoms with E-state index in [4.69, 9.17) is 18.9 Å². The van der Waals surface area contributed by atoms with Crippen LogP contribution in [-0.4, -0.2) is 86.4 Å². The molecule has 12 nitrogen and oxygen atoms in total. The van der Waals surface area contributed by atoms with E-state index in [1.807, 2.05) is 97.1 Å². The quantitative estimate of drug-likeness (QED) is 0.0251. The van der Waals surface area contributed by atoms with E-state index >= 15 is 0 Å². The van der Waals surface area contributed by atoms with E-state index < -0.39 is 24.1 Å². The number of hydrogen-bond donors (Lipinski definition) is 4. The van der Waals surface area contributed by atoms with Gasteiger partial charge in [-0.3, -0.25) is 19.2 Å².